The van der Waals surface area contributed by atoms with Crippen LogP contribution in [0.25, 0.3) is 0 Å². The summed E-state index contributed by atoms with van der Waals surface area (Å²) in [4.78, 5) is 2.61. The molecule has 0 atom stereocenters. The zero-order valence-electron chi connectivity index (χ0n) is 14.8. The fourth-order valence-corrected chi connectivity index (χ4v) is 15.5. The maximum absolute atomic E-state index is 2.61. The predicted molar refractivity (Wildman–Crippen MR) is 102 cm³/mol. The van der Waals surface area contributed by atoms with Crippen molar-refractivity contribution in [1.29, 1.82) is 0 Å². The van der Waals surface area contributed by atoms with Crippen molar-refractivity contribution in [1.82, 2.24) is 0 Å². The van der Waals surface area contributed by atoms with Crippen molar-refractivity contribution in [3.05, 3.63) is 71.8 Å². The van der Waals surface area contributed by atoms with Crippen molar-refractivity contribution in [2.45, 2.75) is 52.3 Å². The molecule has 0 bridgehead atoms. The summed E-state index contributed by atoms with van der Waals surface area (Å²) in [6.45, 7) is 9.69. The third-order valence-electron chi connectivity index (χ3n) is 4.83. The summed E-state index contributed by atoms with van der Waals surface area (Å²) >= 11 is -1.55. The number of rotatable bonds is 6. The zero-order valence-corrected chi connectivity index (χ0v) is 18.1. The number of hydrogen-bond acceptors (Lipinski definition) is 0. The van der Waals surface area contributed by atoms with Gasteiger partial charge in [-0.1, -0.05) is 0 Å². The van der Waals surface area contributed by atoms with E-state index >= 15 is 0 Å². The molecule has 1 heteroatoms. The molecule has 0 spiro atoms. The van der Waals surface area contributed by atoms with Crippen LogP contribution in [-0.4, -0.2) is 19.8 Å². The topological polar surface area (TPSA) is 0 Å². The second-order valence-corrected chi connectivity index (χ2v) is 16.7. The van der Waals surface area contributed by atoms with E-state index in [1.807, 2.05) is 0 Å². The first-order valence-electron chi connectivity index (χ1n) is 8.42. The second kappa shape index (κ2) is 7.21. The van der Waals surface area contributed by atoms with Crippen LogP contribution in [0.1, 0.15) is 38.8 Å². The molecule has 0 amide bonds. The van der Waals surface area contributed by atoms with E-state index in [0.717, 1.165) is 0 Å². The van der Waals surface area contributed by atoms with Gasteiger partial charge in [0.15, 0.2) is 0 Å². The van der Waals surface area contributed by atoms with Gasteiger partial charge in [-0.15, -0.1) is 0 Å². The van der Waals surface area contributed by atoms with Crippen LogP contribution in [0, 0.1) is 0 Å². The van der Waals surface area contributed by atoms with Gasteiger partial charge < -0.3 is 0 Å². The van der Waals surface area contributed by atoms with Gasteiger partial charge in [-0.3, -0.25) is 0 Å². The molecule has 22 heavy (non-hydrogen) atoms. The van der Waals surface area contributed by atoms with E-state index in [0.29, 0.717) is 10.8 Å². The summed E-state index contributed by atoms with van der Waals surface area (Å²) in [7, 11) is 0. The molecule has 0 aromatic heterocycles. The molecule has 0 heterocycles. The van der Waals surface area contributed by atoms with Crippen LogP contribution in [0.5, 0.6) is 0 Å². The van der Waals surface area contributed by atoms with Gasteiger partial charge in [0.05, 0.1) is 0 Å². The van der Waals surface area contributed by atoms with Crippen LogP contribution in [0.2, 0.25) is 13.8 Å². The third-order valence-corrected chi connectivity index (χ3v) is 14.6. The Morgan fingerprint density at radius 1 is 0.636 bits per heavy atom. The molecule has 0 fully saturated rings. The Bertz CT molecular complexity index is 516. The van der Waals surface area contributed by atoms with E-state index < -0.39 is 19.8 Å². The summed E-state index contributed by atoms with van der Waals surface area (Å²) in [6, 6.07) is 22.1. The molecule has 0 aliphatic rings. The first-order valence-corrected chi connectivity index (χ1v) is 16.4. The quantitative estimate of drug-likeness (QED) is 0.537. The fraction of sp³-hybridized carbons (Fsp3) is 0.429. The van der Waals surface area contributed by atoms with Crippen molar-refractivity contribution < 1.29 is 0 Å². The monoisotopic (exact) mass is 402 g/mol. The Hall–Kier alpha value is -0.761. The van der Waals surface area contributed by atoms with Crippen molar-refractivity contribution in [3.8, 4) is 0 Å². The molecular weight excluding hydrogens is 371 g/mol. The Kier molecular flexibility index (Phi) is 5.76. The van der Waals surface area contributed by atoms with Crippen molar-refractivity contribution >= 4 is 19.8 Å². The van der Waals surface area contributed by atoms with E-state index in [9.17, 15) is 0 Å². The van der Waals surface area contributed by atoms with Gasteiger partial charge in [0.2, 0.25) is 0 Å². The van der Waals surface area contributed by atoms with Crippen molar-refractivity contribution in [3.63, 3.8) is 0 Å². The molecule has 0 saturated heterocycles. The summed E-state index contributed by atoms with van der Waals surface area (Å²) in [5, 5.41) is 0. The minimum atomic E-state index is -1.55. The first-order chi connectivity index (χ1) is 10.3. The zero-order chi connectivity index (χ0) is 16.2. The molecule has 0 unspecified atom stereocenters. The second-order valence-electron chi connectivity index (χ2n) is 8.01. The molecule has 2 rings (SSSR count). The summed E-state index contributed by atoms with van der Waals surface area (Å²) in [5.41, 5.74) is 3.64. The maximum atomic E-state index is 2.61. The number of hydrogen-bond donors (Lipinski definition) is 0. The molecule has 2 aromatic carbocycles. The predicted octanol–water partition coefficient (Wildman–Crippen LogP) is 5.80. The Balaban J connectivity index is 2.05. The molecule has 0 N–H and O–H groups in total. The van der Waals surface area contributed by atoms with Gasteiger partial charge in [-0.25, -0.2) is 0 Å². The molecule has 0 radical (unpaired) electrons. The normalized spacial score (nSPS) is 12.6. The van der Waals surface area contributed by atoms with Gasteiger partial charge >= 0.3 is 144 Å². The van der Waals surface area contributed by atoms with E-state index in [-0.39, 0.29) is 0 Å². The SMILES string of the molecule is [CH3][SnH]([CH2]C(C)(C)c1ccccc1)[CH2]C(C)(C)c1ccccc1. The van der Waals surface area contributed by atoms with Gasteiger partial charge in [0.1, 0.15) is 0 Å². The summed E-state index contributed by atoms with van der Waals surface area (Å²) in [5.74, 6) is 0. The van der Waals surface area contributed by atoms with Crippen LogP contribution in [0.4, 0.5) is 0 Å². The summed E-state index contributed by atoms with van der Waals surface area (Å²) in [6.07, 6.45) is 0. The van der Waals surface area contributed by atoms with Crippen LogP contribution >= 0.6 is 0 Å². The van der Waals surface area contributed by atoms with Crippen LogP contribution in [0.15, 0.2) is 60.7 Å². The van der Waals surface area contributed by atoms with Gasteiger partial charge in [-0.2, -0.15) is 0 Å². The summed E-state index contributed by atoms with van der Waals surface area (Å²) < 4.78 is 2.85. The van der Waals surface area contributed by atoms with Crippen molar-refractivity contribution in [2.75, 3.05) is 0 Å². The average Bonchev–Trinajstić information content (AvgIpc) is 2.48. The average molecular weight is 401 g/mol. The third kappa shape index (κ3) is 4.62. The van der Waals surface area contributed by atoms with Gasteiger partial charge in [0, 0.05) is 0 Å². The van der Waals surface area contributed by atoms with E-state index in [2.05, 4.69) is 93.3 Å². The molecule has 0 nitrogen and oxygen atoms in total. The Morgan fingerprint density at radius 3 is 1.27 bits per heavy atom. The minimum absolute atomic E-state index is 0.323. The molecular formula is C21H30Sn. The van der Waals surface area contributed by atoms with Crippen LogP contribution < -0.4 is 0 Å². The Morgan fingerprint density at radius 2 is 0.955 bits per heavy atom. The molecule has 118 valence electrons. The molecule has 2 aromatic rings. The van der Waals surface area contributed by atoms with E-state index in [1.54, 1.807) is 0 Å². The fourth-order valence-electron chi connectivity index (χ4n) is 3.83. The van der Waals surface area contributed by atoms with Gasteiger partial charge in [-0.05, 0) is 0 Å². The first kappa shape index (κ1) is 17.6. The van der Waals surface area contributed by atoms with Crippen molar-refractivity contribution in [2.24, 2.45) is 0 Å². The van der Waals surface area contributed by atoms with E-state index in [1.165, 1.54) is 20.0 Å². The molecule has 0 aliphatic heterocycles. The van der Waals surface area contributed by atoms with Gasteiger partial charge in [0.25, 0.3) is 0 Å². The molecule has 0 saturated carbocycles. The Labute approximate surface area is 143 Å². The van der Waals surface area contributed by atoms with E-state index in [4.69, 9.17) is 0 Å². The van der Waals surface area contributed by atoms with Crippen LogP contribution in [0.3, 0.4) is 0 Å². The molecule has 0 aliphatic carbocycles. The van der Waals surface area contributed by atoms with Crippen LogP contribution in [-0.2, 0) is 10.8 Å². The number of benzene rings is 2. The standard InChI is InChI=1S/2C10H13.CH3.Sn.H/c2*1-10(2,3)9-7-5-4-6-8-9;;;/h2*4-8H,1H2,2-3H3;1H3;;.